The zero-order chi connectivity index (χ0) is 24.7. The number of furan rings is 1. The van der Waals surface area contributed by atoms with Crippen LogP contribution in [-0.2, 0) is 4.79 Å². The first-order chi connectivity index (χ1) is 16.9. The van der Waals surface area contributed by atoms with Gasteiger partial charge in [-0.3, -0.25) is 14.5 Å². The molecule has 2 aromatic heterocycles. The van der Waals surface area contributed by atoms with Gasteiger partial charge in [-0.25, -0.2) is 4.98 Å². The highest BCUT2D eigenvalue weighted by Gasteiger charge is 2.46. The van der Waals surface area contributed by atoms with Gasteiger partial charge < -0.3 is 19.4 Å². The molecule has 10 heteroatoms. The minimum atomic E-state index is -0.955. The van der Waals surface area contributed by atoms with Crippen LogP contribution in [0.25, 0.3) is 10.2 Å². The van der Waals surface area contributed by atoms with Gasteiger partial charge in [-0.15, -0.1) is 0 Å². The Balaban J connectivity index is 1.62. The predicted octanol–water partition coefficient (Wildman–Crippen LogP) is 5.01. The van der Waals surface area contributed by atoms with E-state index in [1.807, 2.05) is 0 Å². The zero-order valence-electron chi connectivity index (χ0n) is 18.4. The van der Waals surface area contributed by atoms with Crippen LogP contribution in [-0.4, -0.2) is 40.1 Å². The number of rotatable bonds is 7. The molecule has 3 heterocycles. The first-order valence-corrected chi connectivity index (χ1v) is 11.8. The number of anilines is 1. The fraction of sp³-hybridized carbons (Fsp3) is 0.160. The van der Waals surface area contributed by atoms with Gasteiger partial charge in [0, 0.05) is 5.02 Å². The van der Waals surface area contributed by atoms with Gasteiger partial charge in [0.1, 0.15) is 18.1 Å². The minimum Gasteiger partial charge on any atom is -0.503 e. The summed E-state index contributed by atoms with van der Waals surface area (Å²) in [7, 11) is 0. The molecule has 1 amide bonds. The average molecular weight is 511 g/mol. The van der Waals surface area contributed by atoms with Crippen molar-refractivity contribution < 1.29 is 29.0 Å². The van der Waals surface area contributed by atoms with E-state index in [0.29, 0.717) is 32.7 Å². The van der Waals surface area contributed by atoms with Crippen molar-refractivity contribution in [2.24, 2.45) is 0 Å². The number of thiazole rings is 1. The minimum absolute atomic E-state index is 0.0164. The summed E-state index contributed by atoms with van der Waals surface area (Å²) >= 11 is 7.34. The van der Waals surface area contributed by atoms with E-state index in [2.05, 4.69) is 4.98 Å². The first-order valence-electron chi connectivity index (χ1n) is 10.6. The highest BCUT2D eigenvalue weighted by molar-refractivity contribution is 7.22. The molecule has 0 spiro atoms. The number of fused-ring (bicyclic) bond motifs is 1. The van der Waals surface area contributed by atoms with Crippen LogP contribution in [0.4, 0.5) is 5.13 Å². The Morgan fingerprint density at radius 3 is 2.66 bits per heavy atom. The number of Topliss-reactive ketones (excluding diaryl/α,β-unsaturated/α-hetero) is 1. The number of aryl methyl sites for hydroxylation is 1. The second kappa shape index (κ2) is 9.18. The summed E-state index contributed by atoms with van der Waals surface area (Å²) in [4.78, 5) is 32.6. The van der Waals surface area contributed by atoms with Gasteiger partial charge >= 0.3 is 0 Å². The van der Waals surface area contributed by atoms with Gasteiger partial charge in [0.05, 0.1) is 28.4 Å². The number of carbonyl (C=O) groups is 2. The molecular weight excluding hydrogens is 492 g/mol. The number of amides is 1. The zero-order valence-corrected chi connectivity index (χ0v) is 20.0. The van der Waals surface area contributed by atoms with E-state index in [0.717, 1.165) is 4.70 Å². The molecule has 1 unspecified atom stereocenters. The number of aliphatic hydroxyl groups excluding tert-OH is 2. The number of halogens is 1. The number of ether oxygens (including phenoxy) is 1. The van der Waals surface area contributed by atoms with Crippen LogP contribution < -0.4 is 9.64 Å². The van der Waals surface area contributed by atoms with Crippen LogP contribution in [0.5, 0.6) is 5.75 Å². The number of aliphatic hydroxyl groups is 2. The highest BCUT2D eigenvalue weighted by atomic mass is 35.5. The Morgan fingerprint density at radius 1 is 1.20 bits per heavy atom. The summed E-state index contributed by atoms with van der Waals surface area (Å²) in [6.45, 7) is 1.70. The smallest absolute Gasteiger partial charge is 0.296 e. The number of hydrogen-bond acceptors (Lipinski definition) is 8. The van der Waals surface area contributed by atoms with E-state index >= 15 is 0 Å². The highest BCUT2D eigenvalue weighted by Crippen LogP contribution is 2.44. The molecule has 2 aromatic carbocycles. The predicted molar refractivity (Wildman–Crippen MR) is 131 cm³/mol. The van der Waals surface area contributed by atoms with Crippen molar-refractivity contribution in [3.05, 3.63) is 88.0 Å². The topological polar surface area (TPSA) is 113 Å². The average Bonchev–Trinajstić information content (AvgIpc) is 3.53. The Hall–Kier alpha value is -3.66. The molecule has 178 valence electrons. The summed E-state index contributed by atoms with van der Waals surface area (Å²) in [6.07, 6.45) is 0. The SMILES string of the molecule is Cc1ccc(C(=O)C2=C(O)C(=O)N(c3nc4ccc(Cl)cc4s3)C2c2ccc(OCCO)cc2)o1. The van der Waals surface area contributed by atoms with Crippen molar-refractivity contribution in [1.82, 2.24) is 4.98 Å². The van der Waals surface area contributed by atoms with Crippen molar-refractivity contribution in [1.29, 1.82) is 0 Å². The molecular formula is C25H19ClN2O6S. The number of benzene rings is 2. The lowest BCUT2D eigenvalue weighted by atomic mass is 9.95. The van der Waals surface area contributed by atoms with E-state index in [9.17, 15) is 14.7 Å². The van der Waals surface area contributed by atoms with Gasteiger partial charge in [-0.05, 0) is 55.0 Å². The second-order valence-electron chi connectivity index (χ2n) is 7.83. The summed E-state index contributed by atoms with van der Waals surface area (Å²) in [6, 6.07) is 14.1. The third-order valence-corrected chi connectivity index (χ3v) is 6.77. The molecule has 5 rings (SSSR count). The molecule has 0 saturated carbocycles. The summed E-state index contributed by atoms with van der Waals surface area (Å²) in [5.74, 6) is -0.945. The molecule has 4 aromatic rings. The van der Waals surface area contributed by atoms with Gasteiger partial charge in [-0.1, -0.05) is 35.1 Å². The molecule has 0 bridgehead atoms. The Kier molecular flexibility index (Phi) is 6.06. The van der Waals surface area contributed by atoms with E-state index in [-0.39, 0.29) is 24.5 Å². The van der Waals surface area contributed by atoms with E-state index in [1.54, 1.807) is 55.5 Å². The van der Waals surface area contributed by atoms with Gasteiger partial charge in [0.15, 0.2) is 16.7 Å². The molecule has 0 aliphatic carbocycles. The van der Waals surface area contributed by atoms with E-state index in [4.69, 9.17) is 25.9 Å². The third-order valence-electron chi connectivity index (χ3n) is 5.52. The maximum absolute atomic E-state index is 13.4. The van der Waals surface area contributed by atoms with Crippen LogP contribution in [0, 0.1) is 6.92 Å². The lowest BCUT2D eigenvalue weighted by Gasteiger charge is -2.24. The number of aromatic nitrogens is 1. The van der Waals surface area contributed by atoms with Crippen molar-refractivity contribution >= 4 is 50.0 Å². The van der Waals surface area contributed by atoms with Crippen LogP contribution in [0.3, 0.4) is 0 Å². The number of ketones is 1. The fourth-order valence-electron chi connectivity index (χ4n) is 3.94. The number of carbonyl (C=O) groups excluding carboxylic acids is 2. The molecule has 0 radical (unpaired) electrons. The van der Waals surface area contributed by atoms with Gasteiger partial charge in [0.25, 0.3) is 5.91 Å². The maximum Gasteiger partial charge on any atom is 0.296 e. The third kappa shape index (κ3) is 4.18. The first kappa shape index (κ1) is 23.1. The summed E-state index contributed by atoms with van der Waals surface area (Å²) in [5.41, 5.74) is 1.09. The normalized spacial score (nSPS) is 15.9. The molecule has 35 heavy (non-hydrogen) atoms. The van der Waals surface area contributed by atoms with Crippen LogP contribution in [0.15, 0.2) is 70.3 Å². The molecule has 1 aliphatic rings. The summed E-state index contributed by atoms with van der Waals surface area (Å²) < 4.78 is 11.7. The number of hydrogen-bond donors (Lipinski definition) is 2. The molecule has 2 N–H and O–H groups in total. The molecule has 1 atom stereocenters. The Bertz CT molecular complexity index is 1470. The fourth-order valence-corrected chi connectivity index (χ4v) is 5.21. The quantitative estimate of drug-likeness (QED) is 0.336. The van der Waals surface area contributed by atoms with Crippen molar-refractivity contribution in [2.45, 2.75) is 13.0 Å². The lowest BCUT2D eigenvalue weighted by Crippen LogP contribution is -2.30. The largest absolute Gasteiger partial charge is 0.503 e. The molecule has 8 nitrogen and oxygen atoms in total. The molecule has 0 fully saturated rings. The maximum atomic E-state index is 13.4. The van der Waals surface area contributed by atoms with Crippen LogP contribution in [0.1, 0.15) is 27.9 Å². The lowest BCUT2D eigenvalue weighted by molar-refractivity contribution is -0.117. The molecule has 0 saturated heterocycles. The van der Waals surface area contributed by atoms with Crippen LogP contribution >= 0.6 is 22.9 Å². The van der Waals surface area contributed by atoms with E-state index < -0.39 is 23.5 Å². The van der Waals surface area contributed by atoms with Gasteiger partial charge in [0.2, 0.25) is 5.78 Å². The van der Waals surface area contributed by atoms with Crippen molar-refractivity contribution in [2.75, 3.05) is 18.1 Å². The Labute approximate surface area is 208 Å². The van der Waals surface area contributed by atoms with Crippen molar-refractivity contribution in [3.8, 4) is 5.75 Å². The van der Waals surface area contributed by atoms with Crippen molar-refractivity contribution in [3.63, 3.8) is 0 Å². The number of nitrogens with zero attached hydrogens (tertiary/aromatic N) is 2. The van der Waals surface area contributed by atoms with Crippen LogP contribution in [0.2, 0.25) is 5.02 Å². The monoisotopic (exact) mass is 510 g/mol. The summed E-state index contributed by atoms with van der Waals surface area (Å²) in [5, 5.41) is 20.7. The Morgan fingerprint density at radius 2 is 1.97 bits per heavy atom. The standard InChI is InChI=1S/C25H19ClN2O6S/c1-13-2-9-18(34-13)22(30)20-21(14-3-6-16(7-4-14)33-11-10-29)28(24(32)23(20)31)25-27-17-8-5-15(26)12-19(17)35-25/h2-9,12,21,29,31H,10-11H2,1H3. The van der Waals surface area contributed by atoms with Gasteiger partial charge in [-0.2, -0.15) is 0 Å². The molecule has 1 aliphatic heterocycles. The second-order valence-corrected chi connectivity index (χ2v) is 9.27. The van der Waals surface area contributed by atoms with E-state index in [1.165, 1.54) is 22.3 Å².